The van der Waals surface area contributed by atoms with E-state index in [1.165, 1.54) is 0 Å². The molecule has 0 saturated carbocycles. The summed E-state index contributed by atoms with van der Waals surface area (Å²) in [5.41, 5.74) is 4.71. The van der Waals surface area contributed by atoms with Gasteiger partial charge in [0.05, 0.1) is 25.2 Å². The number of ether oxygens (including phenoxy) is 1. The van der Waals surface area contributed by atoms with Gasteiger partial charge in [0, 0.05) is 12.1 Å². The van der Waals surface area contributed by atoms with Gasteiger partial charge in [0.2, 0.25) is 0 Å². The Labute approximate surface area is 205 Å². The maximum absolute atomic E-state index is 13.0. The van der Waals surface area contributed by atoms with Crippen molar-refractivity contribution in [2.45, 2.75) is 33.0 Å². The summed E-state index contributed by atoms with van der Waals surface area (Å²) in [5.74, 6) is 0.801. The van der Waals surface area contributed by atoms with Gasteiger partial charge in [0.25, 0.3) is 5.56 Å². The van der Waals surface area contributed by atoms with Gasteiger partial charge >= 0.3 is 0 Å². The van der Waals surface area contributed by atoms with Crippen LogP contribution >= 0.6 is 12.2 Å². The van der Waals surface area contributed by atoms with E-state index in [-0.39, 0.29) is 11.6 Å². The molecule has 174 valence electrons. The predicted octanol–water partition coefficient (Wildman–Crippen LogP) is 5.48. The Morgan fingerprint density at radius 1 is 1.03 bits per heavy atom. The second kappa shape index (κ2) is 10.5. The summed E-state index contributed by atoms with van der Waals surface area (Å²) in [6.07, 6.45) is 0. The van der Waals surface area contributed by atoms with E-state index in [0.717, 1.165) is 33.3 Å². The van der Waals surface area contributed by atoms with E-state index in [0.29, 0.717) is 23.8 Å². The quantitative estimate of drug-likeness (QED) is 0.350. The number of nitrogens with zero attached hydrogens (tertiary/aromatic N) is 1. The number of aromatic amines is 1. The van der Waals surface area contributed by atoms with Crippen LogP contribution in [0.4, 0.5) is 0 Å². The van der Waals surface area contributed by atoms with Crippen molar-refractivity contribution < 1.29 is 4.74 Å². The molecule has 0 saturated heterocycles. The molecule has 1 atom stereocenters. The predicted molar refractivity (Wildman–Crippen MR) is 142 cm³/mol. The average molecular weight is 472 g/mol. The Hall–Kier alpha value is -3.64. The van der Waals surface area contributed by atoms with Crippen LogP contribution in [0.3, 0.4) is 0 Å². The van der Waals surface area contributed by atoms with E-state index in [9.17, 15) is 4.79 Å². The number of rotatable bonds is 7. The highest BCUT2D eigenvalue weighted by Gasteiger charge is 2.17. The lowest BCUT2D eigenvalue weighted by molar-refractivity contribution is 0.390. The van der Waals surface area contributed by atoms with Crippen LogP contribution in [0.1, 0.15) is 35.2 Å². The van der Waals surface area contributed by atoms with E-state index in [1.807, 2.05) is 78.6 Å². The first-order chi connectivity index (χ1) is 16.4. The van der Waals surface area contributed by atoms with Gasteiger partial charge in [0.15, 0.2) is 5.11 Å². The molecule has 5 nitrogen and oxygen atoms in total. The Balaban J connectivity index is 1.62. The highest BCUT2D eigenvalue weighted by atomic mass is 32.1. The molecule has 4 aromatic rings. The van der Waals surface area contributed by atoms with Gasteiger partial charge in [-0.1, -0.05) is 60.7 Å². The molecule has 0 amide bonds. The summed E-state index contributed by atoms with van der Waals surface area (Å²) < 4.78 is 5.29. The minimum atomic E-state index is -0.0968. The summed E-state index contributed by atoms with van der Waals surface area (Å²) in [4.78, 5) is 18.0. The number of hydrogen-bond acceptors (Lipinski definition) is 3. The molecule has 0 bridgehead atoms. The van der Waals surface area contributed by atoms with Crippen molar-refractivity contribution in [3.05, 3.63) is 111 Å². The van der Waals surface area contributed by atoms with Crippen LogP contribution in [0.15, 0.2) is 83.7 Å². The van der Waals surface area contributed by atoms with Gasteiger partial charge in [-0.05, 0) is 66.3 Å². The van der Waals surface area contributed by atoms with Crippen LogP contribution in [-0.2, 0) is 13.1 Å². The normalized spacial score (nSPS) is 11.7. The first-order valence-electron chi connectivity index (χ1n) is 11.3. The van der Waals surface area contributed by atoms with Crippen LogP contribution in [-0.4, -0.2) is 22.1 Å². The van der Waals surface area contributed by atoms with Gasteiger partial charge in [0.1, 0.15) is 5.75 Å². The van der Waals surface area contributed by atoms with Crippen LogP contribution in [0, 0.1) is 6.92 Å². The molecule has 4 rings (SSSR count). The number of aromatic nitrogens is 1. The molecular formula is C28H29N3O2S. The van der Waals surface area contributed by atoms with Crippen LogP contribution < -0.4 is 15.6 Å². The standard InChI is InChI=1S/C28H29N3O2S/c1-19-8-7-11-23-16-24(27(32)30-26(19)23)18-31(17-21-12-14-25(33-3)15-13-21)28(34)29-20(2)22-9-5-4-6-10-22/h4-16,20H,17-18H2,1-3H3,(H,29,34)(H,30,32)/t20-/m0/s1. The number of thiocarbonyl (C=S) groups is 1. The van der Waals surface area contributed by atoms with Gasteiger partial charge in [-0.3, -0.25) is 4.79 Å². The average Bonchev–Trinajstić information content (AvgIpc) is 2.85. The number of aryl methyl sites for hydroxylation is 1. The minimum absolute atomic E-state index is 0.0320. The van der Waals surface area contributed by atoms with Crippen molar-refractivity contribution >= 4 is 28.2 Å². The van der Waals surface area contributed by atoms with Crippen molar-refractivity contribution in [3.63, 3.8) is 0 Å². The Morgan fingerprint density at radius 3 is 2.47 bits per heavy atom. The van der Waals surface area contributed by atoms with Crippen molar-refractivity contribution in [1.29, 1.82) is 0 Å². The SMILES string of the molecule is COc1ccc(CN(Cc2cc3cccc(C)c3[nH]c2=O)C(=S)N[C@@H](C)c2ccccc2)cc1. The number of fused-ring (bicyclic) bond motifs is 1. The third-order valence-electron chi connectivity index (χ3n) is 5.99. The molecule has 0 aliphatic rings. The Bertz CT molecular complexity index is 1330. The molecule has 0 unspecified atom stereocenters. The van der Waals surface area contributed by atoms with Crippen molar-refractivity contribution in [2.75, 3.05) is 7.11 Å². The highest BCUT2D eigenvalue weighted by Crippen LogP contribution is 2.19. The zero-order valence-electron chi connectivity index (χ0n) is 19.7. The molecule has 0 radical (unpaired) electrons. The van der Waals surface area contributed by atoms with Gasteiger partial charge < -0.3 is 19.9 Å². The molecule has 1 aromatic heterocycles. The van der Waals surface area contributed by atoms with E-state index < -0.39 is 0 Å². The summed E-state index contributed by atoms with van der Waals surface area (Å²) in [6, 6.07) is 26.1. The number of benzene rings is 3. The molecule has 0 aliphatic heterocycles. The monoisotopic (exact) mass is 471 g/mol. The molecular weight excluding hydrogens is 442 g/mol. The van der Waals surface area contributed by atoms with Crippen molar-refractivity contribution in [1.82, 2.24) is 15.2 Å². The van der Waals surface area contributed by atoms with E-state index in [4.69, 9.17) is 17.0 Å². The molecule has 34 heavy (non-hydrogen) atoms. The fraction of sp³-hybridized carbons (Fsp3) is 0.214. The second-order valence-corrected chi connectivity index (χ2v) is 8.84. The third kappa shape index (κ3) is 5.46. The summed E-state index contributed by atoms with van der Waals surface area (Å²) in [7, 11) is 1.65. The van der Waals surface area contributed by atoms with Gasteiger partial charge in [-0.2, -0.15) is 0 Å². The van der Waals surface area contributed by atoms with E-state index in [1.54, 1.807) is 7.11 Å². The van der Waals surface area contributed by atoms with Crippen molar-refractivity contribution in [3.8, 4) is 5.75 Å². The molecule has 2 N–H and O–H groups in total. The fourth-order valence-electron chi connectivity index (χ4n) is 4.00. The number of methoxy groups -OCH3 is 1. The minimum Gasteiger partial charge on any atom is -0.497 e. The molecule has 0 spiro atoms. The Kier molecular flexibility index (Phi) is 7.28. The third-order valence-corrected chi connectivity index (χ3v) is 6.36. The van der Waals surface area contributed by atoms with Crippen LogP contribution in [0.25, 0.3) is 10.9 Å². The topological polar surface area (TPSA) is 57.4 Å². The van der Waals surface area contributed by atoms with Gasteiger partial charge in [-0.25, -0.2) is 0 Å². The van der Waals surface area contributed by atoms with E-state index >= 15 is 0 Å². The second-order valence-electron chi connectivity index (χ2n) is 8.45. The maximum Gasteiger partial charge on any atom is 0.253 e. The fourth-order valence-corrected chi connectivity index (χ4v) is 4.31. The summed E-state index contributed by atoms with van der Waals surface area (Å²) in [6.45, 7) is 5.03. The molecule has 3 aromatic carbocycles. The Morgan fingerprint density at radius 2 is 1.76 bits per heavy atom. The first-order valence-corrected chi connectivity index (χ1v) is 11.7. The number of pyridine rings is 1. The number of hydrogen-bond donors (Lipinski definition) is 2. The van der Waals surface area contributed by atoms with Crippen LogP contribution in [0.5, 0.6) is 5.75 Å². The lowest BCUT2D eigenvalue weighted by Gasteiger charge is -2.28. The summed E-state index contributed by atoms with van der Waals surface area (Å²) in [5, 5.41) is 5.05. The molecule has 1 heterocycles. The lowest BCUT2D eigenvalue weighted by Crippen LogP contribution is -2.41. The first kappa shape index (κ1) is 23.5. The molecule has 0 aliphatic carbocycles. The van der Waals surface area contributed by atoms with Crippen molar-refractivity contribution in [2.24, 2.45) is 0 Å². The molecule has 0 fully saturated rings. The maximum atomic E-state index is 13.0. The smallest absolute Gasteiger partial charge is 0.253 e. The zero-order chi connectivity index (χ0) is 24.1. The number of nitrogens with one attached hydrogen (secondary N) is 2. The zero-order valence-corrected chi connectivity index (χ0v) is 20.5. The summed E-state index contributed by atoms with van der Waals surface area (Å²) >= 11 is 5.84. The van der Waals surface area contributed by atoms with Crippen LogP contribution in [0.2, 0.25) is 0 Å². The highest BCUT2D eigenvalue weighted by molar-refractivity contribution is 7.80. The van der Waals surface area contributed by atoms with Gasteiger partial charge in [-0.15, -0.1) is 0 Å². The largest absolute Gasteiger partial charge is 0.497 e. The number of H-pyrrole nitrogens is 1. The molecule has 6 heteroatoms. The lowest BCUT2D eigenvalue weighted by atomic mass is 10.1. The van der Waals surface area contributed by atoms with E-state index in [2.05, 4.69) is 29.4 Å². The number of para-hydroxylation sites is 1.